The zero-order chi connectivity index (χ0) is 7.84. The molecule has 1 heterocycles. The molecule has 3 heteroatoms. The van der Waals surface area contributed by atoms with Crippen molar-refractivity contribution in [3.63, 3.8) is 0 Å². The first-order valence-electron chi connectivity index (χ1n) is 4.35. The van der Waals surface area contributed by atoms with Crippen LogP contribution in [-0.2, 0) is 0 Å². The molecule has 0 spiro atoms. The first-order chi connectivity index (χ1) is 5.29. The monoisotopic (exact) mass is 154 g/mol. The van der Waals surface area contributed by atoms with Gasteiger partial charge in [-0.15, -0.1) is 0 Å². The van der Waals surface area contributed by atoms with Crippen molar-refractivity contribution < 1.29 is 4.79 Å². The number of nitrogens with zero attached hydrogens (tertiary/aromatic N) is 1. The maximum Gasteiger partial charge on any atom is 0.315 e. The van der Waals surface area contributed by atoms with Gasteiger partial charge in [0.2, 0.25) is 0 Å². The highest BCUT2D eigenvalue weighted by Gasteiger charge is 2.39. The van der Waals surface area contributed by atoms with Gasteiger partial charge in [0, 0.05) is 12.6 Å². The number of likely N-dealkylation sites (tertiary alicyclic amines) is 1. The molecule has 11 heavy (non-hydrogen) atoms. The molecular weight excluding hydrogens is 140 g/mol. The summed E-state index contributed by atoms with van der Waals surface area (Å²) in [5.74, 6) is 0.782. The van der Waals surface area contributed by atoms with E-state index in [1.807, 2.05) is 4.90 Å². The van der Waals surface area contributed by atoms with Crippen molar-refractivity contribution in [1.82, 2.24) is 4.90 Å². The van der Waals surface area contributed by atoms with E-state index in [-0.39, 0.29) is 6.03 Å². The van der Waals surface area contributed by atoms with Crippen molar-refractivity contribution in [2.45, 2.75) is 31.7 Å². The van der Waals surface area contributed by atoms with Crippen LogP contribution in [0.15, 0.2) is 0 Å². The second kappa shape index (κ2) is 2.40. The Bertz CT molecular complexity index is 177. The van der Waals surface area contributed by atoms with E-state index in [0.29, 0.717) is 6.04 Å². The Morgan fingerprint density at radius 2 is 2.09 bits per heavy atom. The average molecular weight is 154 g/mol. The van der Waals surface area contributed by atoms with Crippen LogP contribution in [0, 0.1) is 5.92 Å². The molecule has 2 fully saturated rings. The second-order valence-electron chi connectivity index (χ2n) is 3.58. The summed E-state index contributed by atoms with van der Waals surface area (Å²) in [6.07, 6.45) is 4.92. The van der Waals surface area contributed by atoms with Gasteiger partial charge in [0.25, 0.3) is 0 Å². The molecule has 1 aliphatic heterocycles. The van der Waals surface area contributed by atoms with Crippen molar-refractivity contribution in [2.24, 2.45) is 11.7 Å². The number of amides is 2. The van der Waals surface area contributed by atoms with E-state index in [4.69, 9.17) is 5.73 Å². The van der Waals surface area contributed by atoms with Crippen LogP contribution in [0.4, 0.5) is 4.79 Å². The molecule has 1 atom stereocenters. The highest BCUT2D eigenvalue weighted by Crippen LogP contribution is 2.39. The molecule has 1 aliphatic carbocycles. The average Bonchev–Trinajstić information content (AvgIpc) is 2.68. The third-order valence-corrected chi connectivity index (χ3v) is 2.75. The topological polar surface area (TPSA) is 46.3 Å². The number of carbonyl (C=O) groups excluding carboxylic acids is 1. The smallest absolute Gasteiger partial charge is 0.315 e. The molecule has 2 amide bonds. The Hall–Kier alpha value is -0.730. The lowest BCUT2D eigenvalue weighted by molar-refractivity contribution is 0.196. The van der Waals surface area contributed by atoms with Gasteiger partial charge in [-0.25, -0.2) is 4.79 Å². The SMILES string of the molecule is NC(=O)N1CCCC1C1CC1. The third-order valence-electron chi connectivity index (χ3n) is 2.75. The predicted molar refractivity (Wildman–Crippen MR) is 42.0 cm³/mol. The quantitative estimate of drug-likeness (QED) is 0.600. The molecule has 0 aromatic heterocycles. The van der Waals surface area contributed by atoms with E-state index in [1.54, 1.807) is 0 Å². The summed E-state index contributed by atoms with van der Waals surface area (Å²) in [5.41, 5.74) is 5.24. The summed E-state index contributed by atoms with van der Waals surface area (Å²) < 4.78 is 0. The summed E-state index contributed by atoms with van der Waals surface area (Å²) in [6, 6.07) is 0.270. The molecule has 2 aliphatic rings. The maximum atomic E-state index is 10.9. The van der Waals surface area contributed by atoms with Crippen LogP contribution < -0.4 is 5.73 Å². The van der Waals surface area contributed by atoms with Crippen molar-refractivity contribution >= 4 is 6.03 Å². The van der Waals surface area contributed by atoms with E-state index in [9.17, 15) is 4.79 Å². The van der Waals surface area contributed by atoms with E-state index < -0.39 is 0 Å². The molecule has 1 saturated carbocycles. The van der Waals surface area contributed by atoms with Crippen LogP contribution in [-0.4, -0.2) is 23.5 Å². The predicted octanol–water partition coefficient (Wildman–Crippen LogP) is 0.940. The lowest BCUT2D eigenvalue weighted by Gasteiger charge is -2.21. The second-order valence-corrected chi connectivity index (χ2v) is 3.58. The number of hydrogen-bond acceptors (Lipinski definition) is 1. The lowest BCUT2D eigenvalue weighted by atomic mass is 10.1. The minimum atomic E-state index is -0.223. The molecule has 0 aromatic carbocycles. The minimum Gasteiger partial charge on any atom is -0.351 e. The molecule has 0 aromatic rings. The van der Waals surface area contributed by atoms with Crippen LogP contribution >= 0.6 is 0 Å². The van der Waals surface area contributed by atoms with E-state index in [1.165, 1.54) is 19.3 Å². The lowest BCUT2D eigenvalue weighted by Crippen LogP contribution is -2.40. The van der Waals surface area contributed by atoms with Crippen molar-refractivity contribution in [2.75, 3.05) is 6.54 Å². The van der Waals surface area contributed by atoms with Gasteiger partial charge in [-0.05, 0) is 31.6 Å². The normalized spacial score (nSPS) is 30.9. The molecule has 0 bridgehead atoms. The number of urea groups is 1. The fourth-order valence-corrected chi connectivity index (χ4v) is 2.04. The van der Waals surface area contributed by atoms with Crippen molar-refractivity contribution in [1.29, 1.82) is 0 Å². The molecule has 0 radical (unpaired) electrons. The van der Waals surface area contributed by atoms with Crippen LogP contribution in [0.3, 0.4) is 0 Å². The number of hydrogen-bond donors (Lipinski definition) is 1. The highest BCUT2D eigenvalue weighted by atomic mass is 16.2. The summed E-state index contributed by atoms with van der Waals surface area (Å²) in [4.78, 5) is 12.7. The Morgan fingerprint density at radius 1 is 1.36 bits per heavy atom. The zero-order valence-electron chi connectivity index (χ0n) is 6.62. The largest absolute Gasteiger partial charge is 0.351 e. The van der Waals surface area contributed by atoms with Crippen molar-refractivity contribution in [3.05, 3.63) is 0 Å². The Balaban J connectivity index is 2.01. The minimum absolute atomic E-state index is 0.223. The van der Waals surface area contributed by atoms with Gasteiger partial charge >= 0.3 is 6.03 Å². The summed E-state index contributed by atoms with van der Waals surface area (Å²) in [5, 5.41) is 0. The van der Waals surface area contributed by atoms with Gasteiger partial charge in [0.15, 0.2) is 0 Å². The fourth-order valence-electron chi connectivity index (χ4n) is 2.04. The first-order valence-corrected chi connectivity index (χ1v) is 4.35. The Labute approximate surface area is 66.5 Å². The standard InChI is InChI=1S/C8H14N2O/c9-8(11)10-5-1-2-7(10)6-3-4-6/h6-7H,1-5H2,(H2,9,11). The molecule has 1 saturated heterocycles. The molecule has 2 N–H and O–H groups in total. The van der Waals surface area contributed by atoms with Crippen LogP contribution in [0.25, 0.3) is 0 Å². The summed E-state index contributed by atoms with van der Waals surface area (Å²) >= 11 is 0. The first kappa shape index (κ1) is 6.95. The number of nitrogens with two attached hydrogens (primary N) is 1. The van der Waals surface area contributed by atoms with Gasteiger partial charge in [0.1, 0.15) is 0 Å². The fraction of sp³-hybridized carbons (Fsp3) is 0.875. The number of rotatable bonds is 1. The Kier molecular flexibility index (Phi) is 1.51. The van der Waals surface area contributed by atoms with E-state index >= 15 is 0 Å². The zero-order valence-corrected chi connectivity index (χ0v) is 6.62. The van der Waals surface area contributed by atoms with Gasteiger partial charge < -0.3 is 10.6 Å². The van der Waals surface area contributed by atoms with E-state index in [0.717, 1.165) is 18.9 Å². The molecular formula is C8H14N2O. The number of primary amides is 1. The highest BCUT2D eigenvalue weighted by molar-refractivity contribution is 5.72. The van der Waals surface area contributed by atoms with Gasteiger partial charge in [0.05, 0.1) is 0 Å². The van der Waals surface area contributed by atoms with Crippen LogP contribution in [0.5, 0.6) is 0 Å². The number of carbonyl (C=O) groups is 1. The Morgan fingerprint density at radius 3 is 2.64 bits per heavy atom. The molecule has 2 rings (SSSR count). The summed E-state index contributed by atoms with van der Waals surface area (Å²) in [6.45, 7) is 0.885. The molecule has 1 unspecified atom stereocenters. The third kappa shape index (κ3) is 1.19. The van der Waals surface area contributed by atoms with Gasteiger partial charge in [-0.2, -0.15) is 0 Å². The molecule has 3 nitrogen and oxygen atoms in total. The molecule has 62 valence electrons. The van der Waals surface area contributed by atoms with Gasteiger partial charge in [-0.3, -0.25) is 0 Å². The van der Waals surface area contributed by atoms with Gasteiger partial charge in [-0.1, -0.05) is 0 Å². The van der Waals surface area contributed by atoms with E-state index in [2.05, 4.69) is 0 Å². The summed E-state index contributed by atoms with van der Waals surface area (Å²) in [7, 11) is 0. The van der Waals surface area contributed by atoms with Crippen molar-refractivity contribution in [3.8, 4) is 0 Å². The van der Waals surface area contributed by atoms with Crippen LogP contribution in [0.1, 0.15) is 25.7 Å². The maximum absolute atomic E-state index is 10.9. The van der Waals surface area contributed by atoms with Crippen LogP contribution in [0.2, 0.25) is 0 Å².